The molecule has 0 radical (unpaired) electrons. The molecule has 1 aliphatic carbocycles. The van der Waals surface area contributed by atoms with E-state index >= 15 is 0 Å². The van der Waals surface area contributed by atoms with Gasteiger partial charge in [0.05, 0.1) is 10.5 Å². The second kappa shape index (κ2) is 10.4. The smallest absolute Gasteiger partial charge is 0.338 e. The molecule has 2 rings (SSSR count). The molecule has 0 unspecified atom stereocenters. The Balaban J connectivity index is 1.87. The van der Waals surface area contributed by atoms with Crippen molar-refractivity contribution in [2.75, 3.05) is 13.1 Å². The Morgan fingerprint density at radius 3 is 2.46 bits per heavy atom. The van der Waals surface area contributed by atoms with Crippen LogP contribution < -0.4 is 10.0 Å². The highest BCUT2D eigenvalue weighted by Crippen LogP contribution is 2.22. The van der Waals surface area contributed by atoms with Gasteiger partial charge in [0.25, 0.3) is 5.91 Å². The number of hydrogen-bond acceptors (Lipinski definition) is 5. The first-order valence-corrected chi connectivity index (χ1v) is 11.0. The normalized spacial score (nSPS) is 16.2. The van der Waals surface area contributed by atoms with Gasteiger partial charge in [0.2, 0.25) is 10.0 Å². The molecule has 0 saturated heterocycles. The molecule has 2 N–H and O–H groups in total. The quantitative estimate of drug-likeness (QED) is 0.483. The van der Waals surface area contributed by atoms with Crippen molar-refractivity contribution in [3.63, 3.8) is 0 Å². The second-order valence-corrected chi connectivity index (χ2v) is 8.73. The molecular weight excluding hydrogens is 380 g/mol. The van der Waals surface area contributed by atoms with Gasteiger partial charge in [-0.05, 0) is 49.9 Å². The van der Waals surface area contributed by atoms with E-state index in [0.29, 0.717) is 12.5 Å². The molecule has 1 aliphatic rings. The summed E-state index contributed by atoms with van der Waals surface area (Å²) in [4.78, 5) is 24.4. The minimum Gasteiger partial charge on any atom is -0.449 e. The Morgan fingerprint density at radius 2 is 1.86 bits per heavy atom. The first-order valence-electron chi connectivity index (χ1n) is 9.53. The van der Waals surface area contributed by atoms with Gasteiger partial charge in [-0.25, -0.2) is 17.9 Å². The van der Waals surface area contributed by atoms with Gasteiger partial charge in [0.15, 0.2) is 6.10 Å². The van der Waals surface area contributed by atoms with Crippen LogP contribution >= 0.6 is 0 Å². The number of hydrogen-bond donors (Lipinski definition) is 2. The molecule has 154 valence electrons. The third-order valence-corrected chi connectivity index (χ3v) is 6.20. The predicted molar refractivity (Wildman–Crippen MR) is 106 cm³/mol. The summed E-state index contributed by atoms with van der Waals surface area (Å²) >= 11 is 0. The summed E-state index contributed by atoms with van der Waals surface area (Å²) in [6, 6.07) is 5.35. The summed E-state index contributed by atoms with van der Waals surface area (Å²) in [5.74, 6) is -0.514. The molecule has 1 amide bonds. The van der Waals surface area contributed by atoms with Gasteiger partial charge in [-0.1, -0.05) is 25.3 Å². The van der Waals surface area contributed by atoms with Gasteiger partial charge in [0, 0.05) is 13.1 Å². The fraction of sp³-hybridized carbons (Fsp3) is 0.500. The first kappa shape index (κ1) is 22.1. The van der Waals surface area contributed by atoms with Crippen LogP contribution in [0.1, 0.15) is 49.4 Å². The number of carbonyl (C=O) groups is 2. The van der Waals surface area contributed by atoms with Crippen LogP contribution in [0.4, 0.5) is 0 Å². The molecule has 0 aliphatic heterocycles. The molecule has 1 aromatic carbocycles. The average Bonchev–Trinajstić information content (AvgIpc) is 2.71. The van der Waals surface area contributed by atoms with Gasteiger partial charge in [-0.2, -0.15) is 0 Å². The lowest BCUT2D eigenvalue weighted by atomic mass is 9.89. The SMILES string of the molecule is C=CCNS(=O)(=O)c1ccc(C(=O)O[C@@H](C)C(=O)NCC2CCCCC2)cc1. The summed E-state index contributed by atoms with van der Waals surface area (Å²) in [5, 5.41) is 2.85. The molecule has 0 spiro atoms. The minimum atomic E-state index is -3.66. The van der Waals surface area contributed by atoms with Crippen molar-refractivity contribution in [2.45, 2.75) is 50.0 Å². The van der Waals surface area contributed by atoms with Gasteiger partial charge < -0.3 is 10.1 Å². The largest absolute Gasteiger partial charge is 0.449 e. The molecule has 8 heteroatoms. The van der Waals surface area contributed by atoms with Crippen LogP contribution in [-0.4, -0.2) is 39.5 Å². The zero-order valence-electron chi connectivity index (χ0n) is 16.1. The monoisotopic (exact) mass is 408 g/mol. The van der Waals surface area contributed by atoms with Crippen molar-refractivity contribution in [1.29, 1.82) is 0 Å². The molecular formula is C20H28N2O5S. The van der Waals surface area contributed by atoms with Crippen LogP contribution in [0.15, 0.2) is 41.8 Å². The van der Waals surface area contributed by atoms with Crippen molar-refractivity contribution in [3.05, 3.63) is 42.5 Å². The lowest BCUT2D eigenvalue weighted by Gasteiger charge is -2.22. The van der Waals surface area contributed by atoms with Crippen LogP contribution in [-0.2, 0) is 19.6 Å². The van der Waals surface area contributed by atoms with Crippen LogP contribution in [0.25, 0.3) is 0 Å². The van der Waals surface area contributed by atoms with E-state index < -0.39 is 22.1 Å². The summed E-state index contributed by atoms with van der Waals surface area (Å²) in [6.07, 6.45) is 6.39. The molecule has 7 nitrogen and oxygen atoms in total. The van der Waals surface area contributed by atoms with Crippen LogP contribution in [0.3, 0.4) is 0 Å². The van der Waals surface area contributed by atoms with Crippen molar-refractivity contribution in [1.82, 2.24) is 10.0 Å². The van der Waals surface area contributed by atoms with E-state index in [1.165, 1.54) is 56.5 Å². The molecule has 0 aromatic heterocycles. The maximum atomic E-state index is 12.2. The van der Waals surface area contributed by atoms with Crippen LogP contribution in [0.2, 0.25) is 0 Å². The number of rotatable bonds is 9. The lowest BCUT2D eigenvalue weighted by Crippen LogP contribution is -2.38. The second-order valence-electron chi connectivity index (χ2n) is 6.96. The van der Waals surface area contributed by atoms with Crippen LogP contribution in [0.5, 0.6) is 0 Å². The van der Waals surface area contributed by atoms with E-state index in [1.807, 2.05) is 0 Å². The molecule has 28 heavy (non-hydrogen) atoms. The molecule has 0 bridgehead atoms. The number of amides is 1. The number of sulfonamides is 1. The van der Waals surface area contributed by atoms with E-state index in [2.05, 4.69) is 16.6 Å². The van der Waals surface area contributed by atoms with Crippen molar-refractivity contribution < 1.29 is 22.7 Å². The third-order valence-electron chi connectivity index (χ3n) is 4.76. The summed E-state index contributed by atoms with van der Waals surface area (Å²) in [5.41, 5.74) is 0.176. The van der Waals surface area contributed by atoms with E-state index in [-0.39, 0.29) is 22.9 Å². The minimum absolute atomic E-state index is 0.0316. The number of esters is 1. The number of ether oxygens (including phenoxy) is 1. The number of nitrogens with one attached hydrogen (secondary N) is 2. The summed E-state index contributed by atoms with van der Waals surface area (Å²) in [6.45, 7) is 5.69. The van der Waals surface area contributed by atoms with Crippen LogP contribution in [0, 0.1) is 5.92 Å². The Labute approximate surface area is 166 Å². The van der Waals surface area contributed by atoms with E-state index in [9.17, 15) is 18.0 Å². The highest BCUT2D eigenvalue weighted by Gasteiger charge is 2.21. The van der Waals surface area contributed by atoms with E-state index in [0.717, 1.165) is 12.8 Å². The summed E-state index contributed by atoms with van der Waals surface area (Å²) in [7, 11) is -3.66. The maximum absolute atomic E-state index is 12.2. The molecule has 0 heterocycles. The first-order chi connectivity index (χ1) is 13.3. The van der Waals surface area contributed by atoms with Gasteiger partial charge >= 0.3 is 5.97 Å². The Kier molecular flexibility index (Phi) is 8.19. The molecule has 1 atom stereocenters. The highest BCUT2D eigenvalue weighted by atomic mass is 32.2. The Morgan fingerprint density at radius 1 is 1.21 bits per heavy atom. The fourth-order valence-corrected chi connectivity index (χ4v) is 4.08. The Hall–Kier alpha value is -2.19. The van der Waals surface area contributed by atoms with Crippen molar-refractivity contribution in [2.24, 2.45) is 5.92 Å². The molecule has 1 aromatic rings. The number of carbonyl (C=O) groups excluding carboxylic acids is 2. The predicted octanol–water partition coefficient (Wildman–Crippen LogP) is 2.39. The van der Waals surface area contributed by atoms with Gasteiger partial charge in [0.1, 0.15) is 0 Å². The van der Waals surface area contributed by atoms with Gasteiger partial charge in [-0.15, -0.1) is 6.58 Å². The summed E-state index contributed by atoms with van der Waals surface area (Å²) < 4.78 is 31.6. The topological polar surface area (TPSA) is 102 Å². The van der Waals surface area contributed by atoms with Crippen molar-refractivity contribution >= 4 is 21.9 Å². The Bertz CT molecular complexity index is 783. The van der Waals surface area contributed by atoms with Crippen molar-refractivity contribution in [3.8, 4) is 0 Å². The van der Waals surface area contributed by atoms with Gasteiger partial charge in [-0.3, -0.25) is 4.79 Å². The fourth-order valence-electron chi connectivity index (χ4n) is 3.08. The van der Waals surface area contributed by atoms with E-state index in [1.54, 1.807) is 0 Å². The molecule has 1 fully saturated rings. The zero-order chi connectivity index (χ0) is 20.6. The third kappa shape index (κ3) is 6.45. The lowest BCUT2D eigenvalue weighted by molar-refractivity contribution is -0.129. The highest BCUT2D eigenvalue weighted by molar-refractivity contribution is 7.89. The average molecular weight is 409 g/mol. The maximum Gasteiger partial charge on any atom is 0.338 e. The number of benzene rings is 1. The molecule has 1 saturated carbocycles. The van der Waals surface area contributed by atoms with E-state index in [4.69, 9.17) is 4.74 Å². The zero-order valence-corrected chi connectivity index (χ0v) is 17.0. The standard InChI is InChI=1S/C20H28N2O5S/c1-3-13-22-28(25,26)18-11-9-17(10-12-18)20(24)27-15(2)19(23)21-14-16-7-5-4-6-8-16/h3,9-12,15-16,22H,1,4-8,13-14H2,2H3,(H,21,23)/t15-/m0/s1.